The van der Waals surface area contributed by atoms with Crippen LogP contribution in [-0.4, -0.2) is 28.9 Å². The van der Waals surface area contributed by atoms with Gasteiger partial charge in [-0.15, -0.1) is 5.92 Å². The monoisotopic (exact) mass is 292 g/mol. The highest BCUT2D eigenvalue weighted by Crippen LogP contribution is 2.42. The Morgan fingerprint density at radius 1 is 1.57 bits per heavy atom. The molecule has 2 heterocycles. The lowest BCUT2D eigenvalue weighted by Gasteiger charge is -2.41. The van der Waals surface area contributed by atoms with E-state index in [0.29, 0.717) is 5.56 Å². The van der Waals surface area contributed by atoms with Crippen LogP contribution in [0, 0.1) is 23.7 Å². The molecule has 1 saturated heterocycles. The van der Waals surface area contributed by atoms with Crippen LogP contribution in [0.25, 0.3) is 0 Å². The van der Waals surface area contributed by atoms with Gasteiger partial charge in [-0.1, -0.05) is 12.8 Å². The van der Waals surface area contributed by atoms with Crippen LogP contribution >= 0.6 is 0 Å². The fourth-order valence-electron chi connectivity index (χ4n) is 2.75. The van der Waals surface area contributed by atoms with Crippen molar-refractivity contribution < 1.29 is 13.6 Å². The van der Waals surface area contributed by atoms with Gasteiger partial charge in [-0.2, -0.15) is 4.39 Å². The number of aromatic nitrogens is 1. The molecule has 21 heavy (non-hydrogen) atoms. The molecule has 2 atom stereocenters. The van der Waals surface area contributed by atoms with Crippen LogP contribution in [-0.2, 0) is 10.5 Å². The van der Waals surface area contributed by atoms with Gasteiger partial charge in [0.25, 0.3) is 0 Å². The number of carbonyl (C=O) groups excluding carboxylic acids is 1. The summed E-state index contributed by atoms with van der Waals surface area (Å²) in [6, 6.07) is 1.43. The van der Waals surface area contributed by atoms with Crippen LogP contribution in [0.2, 0.25) is 0 Å². The summed E-state index contributed by atoms with van der Waals surface area (Å²) in [4.78, 5) is 16.6. The first-order chi connectivity index (χ1) is 9.88. The smallest absolute Gasteiger partial charge is 0.219 e. The average molecular weight is 292 g/mol. The summed E-state index contributed by atoms with van der Waals surface area (Å²) in [5.74, 6) is 4.06. The van der Waals surface area contributed by atoms with Crippen LogP contribution < -0.4 is 0 Å². The fraction of sp³-hybridized carbons (Fsp3) is 0.500. The Labute approximate surface area is 123 Å². The van der Waals surface area contributed by atoms with Crippen molar-refractivity contribution in [2.75, 3.05) is 13.1 Å². The number of rotatable bonds is 1. The van der Waals surface area contributed by atoms with E-state index in [4.69, 9.17) is 0 Å². The number of nitrogens with zero attached hydrogens (tertiary/aromatic N) is 2. The molecule has 1 aromatic heterocycles. The fourth-order valence-corrected chi connectivity index (χ4v) is 2.75. The van der Waals surface area contributed by atoms with E-state index in [9.17, 15) is 9.18 Å². The zero-order valence-electron chi connectivity index (χ0n) is 12.4. The summed E-state index contributed by atoms with van der Waals surface area (Å²) < 4.78 is 29.3. The molecule has 1 fully saturated rings. The number of amides is 1. The van der Waals surface area contributed by atoms with Crippen molar-refractivity contribution in [2.24, 2.45) is 5.92 Å². The number of hydrogen-bond acceptors (Lipinski definition) is 2. The van der Waals surface area contributed by atoms with Gasteiger partial charge in [0.05, 0.1) is 0 Å². The maximum absolute atomic E-state index is 15.4. The van der Waals surface area contributed by atoms with E-state index in [1.807, 2.05) is 0 Å². The van der Waals surface area contributed by atoms with E-state index < -0.39 is 17.5 Å². The second kappa shape index (κ2) is 5.80. The van der Waals surface area contributed by atoms with Gasteiger partial charge < -0.3 is 4.90 Å². The highest BCUT2D eigenvalue weighted by molar-refractivity contribution is 5.73. The van der Waals surface area contributed by atoms with Gasteiger partial charge in [-0.3, -0.25) is 4.79 Å². The molecule has 112 valence electrons. The molecule has 0 spiro atoms. The van der Waals surface area contributed by atoms with Crippen LogP contribution in [0.15, 0.2) is 12.3 Å². The Morgan fingerprint density at radius 2 is 2.29 bits per heavy atom. The first-order valence-corrected chi connectivity index (χ1v) is 6.91. The summed E-state index contributed by atoms with van der Waals surface area (Å²) in [6.07, 6.45) is 1.36. The van der Waals surface area contributed by atoms with Crippen molar-refractivity contribution in [3.8, 4) is 11.8 Å². The molecule has 0 aliphatic carbocycles. The van der Waals surface area contributed by atoms with Gasteiger partial charge in [0.2, 0.25) is 11.9 Å². The van der Waals surface area contributed by atoms with Crippen molar-refractivity contribution in [3.05, 3.63) is 29.3 Å². The molecule has 1 amide bonds. The third-order valence-corrected chi connectivity index (χ3v) is 4.02. The third kappa shape index (κ3) is 2.90. The van der Waals surface area contributed by atoms with E-state index in [2.05, 4.69) is 16.8 Å². The number of carbonyl (C=O) groups is 1. The van der Waals surface area contributed by atoms with E-state index in [-0.39, 0.29) is 31.0 Å². The Hall–Kier alpha value is -1.96. The number of hydrogen-bond donors (Lipinski definition) is 0. The minimum absolute atomic E-state index is 0.0570. The van der Waals surface area contributed by atoms with E-state index in [1.165, 1.54) is 19.2 Å². The predicted molar refractivity (Wildman–Crippen MR) is 75.6 cm³/mol. The molecule has 0 bridgehead atoms. The number of likely N-dealkylation sites (tertiary alicyclic amines) is 1. The van der Waals surface area contributed by atoms with Crippen LogP contribution in [0.5, 0.6) is 0 Å². The number of pyridine rings is 1. The molecule has 1 aliphatic rings. The molecule has 2 unspecified atom stereocenters. The molecular formula is C16H18F2N2O. The van der Waals surface area contributed by atoms with Crippen molar-refractivity contribution in [2.45, 2.75) is 32.9 Å². The van der Waals surface area contributed by atoms with Gasteiger partial charge in [-0.05, 0) is 13.0 Å². The van der Waals surface area contributed by atoms with E-state index in [0.717, 1.165) is 0 Å². The second-order valence-corrected chi connectivity index (χ2v) is 5.42. The molecule has 5 heteroatoms. The topological polar surface area (TPSA) is 33.2 Å². The highest BCUT2D eigenvalue weighted by Gasteiger charge is 2.45. The minimum Gasteiger partial charge on any atom is -0.342 e. The maximum Gasteiger partial charge on any atom is 0.219 e. The Kier molecular flexibility index (Phi) is 4.26. The van der Waals surface area contributed by atoms with Crippen LogP contribution in [0.3, 0.4) is 0 Å². The second-order valence-electron chi connectivity index (χ2n) is 5.42. The number of halogens is 2. The van der Waals surface area contributed by atoms with Gasteiger partial charge in [-0.25, -0.2) is 9.37 Å². The standard InChI is InChI=1S/C16H18F2N2O/c1-4-5-13-8-14(15(17)19-9-13)16(18)6-7-20(12(3)21)10-11(16)2/h8-9,11H,6-7,10H2,1-3H3. The maximum atomic E-state index is 15.4. The summed E-state index contributed by atoms with van der Waals surface area (Å²) in [6.45, 7) is 5.35. The average Bonchev–Trinajstić information content (AvgIpc) is 2.44. The van der Waals surface area contributed by atoms with Crippen LogP contribution in [0.4, 0.5) is 8.78 Å². The molecule has 2 rings (SSSR count). The van der Waals surface area contributed by atoms with E-state index >= 15 is 4.39 Å². The zero-order valence-corrected chi connectivity index (χ0v) is 12.4. The van der Waals surface area contributed by atoms with E-state index in [1.54, 1.807) is 18.7 Å². The molecule has 0 aromatic carbocycles. The normalized spacial score (nSPS) is 25.2. The Bertz CT molecular complexity index is 620. The molecular weight excluding hydrogens is 274 g/mol. The lowest BCUT2D eigenvalue weighted by atomic mass is 9.78. The first-order valence-electron chi connectivity index (χ1n) is 6.91. The molecule has 0 radical (unpaired) electrons. The lowest BCUT2D eigenvalue weighted by molar-refractivity contribution is -0.133. The van der Waals surface area contributed by atoms with Crippen molar-refractivity contribution in [1.82, 2.24) is 9.88 Å². The van der Waals surface area contributed by atoms with Gasteiger partial charge >= 0.3 is 0 Å². The minimum atomic E-state index is -1.82. The Morgan fingerprint density at radius 3 is 2.86 bits per heavy atom. The highest BCUT2D eigenvalue weighted by atomic mass is 19.1. The van der Waals surface area contributed by atoms with Gasteiger partial charge in [0.15, 0.2) is 0 Å². The van der Waals surface area contributed by atoms with Crippen molar-refractivity contribution in [1.29, 1.82) is 0 Å². The molecule has 3 nitrogen and oxygen atoms in total. The summed E-state index contributed by atoms with van der Waals surface area (Å²) in [5, 5.41) is 0. The molecule has 1 aromatic rings. The summed E-state index contributed by atoms with van der Waals surface area (Å²) >= 11 is 0. The largest absolute Gasteiger partial charge is 0.342 e. The van der Waals surface area contributed by atoms with Crippen molar-refractivity contribution in [3.63, 3.8) is 0 Å². The lowest BCUT2D eigenvalue weighted by Crippen LogP contribution is -2.48. The quantitative estimate of drug-likeness (QED) is 0.589. The molecule has 1 aliphatic heterocycles. The predicted octanol–water partition coefficient (Wildman–Crippen LogP) is 2.65. The summed E-state index contributed by atoms with van der Waals surface area (Å²) in [7, 11) is 0. The summed E-state index contributed by atoms with van der Waals surface area (Å²) in [5.41, 5.74) is -1.39. The third-order valence-electron chi connectivity index (χ3n) is 4.02. The van der Waals surface area contributed by atoms with Gasteiger partial charge in [0.1, 0.15) is 5.67 Å². The number of alkyl halides is 1. The SMILES string of the molecule is CC#Cc1cnc(F)c(C2(F)CCN(C(C)=O)CC2C)c1. The first kappa shape index (κ1) is 15.4. The molecule has 0 N–H and O–H groups in total. The number of piperidine rings is 1. The van der Waals surface area contributed by atoms with Crippen LogP contribution in [0.1, 0.15) is 38.3 Å². The van der Waals surface area contributed by atoms with Gasteiger partial charge in [0, 0.05) is 49.7 Å². The Balaban J connectivity index is 2.37. The molecule has 0 saturated carbocycles. The van der Waals surface area contributed by atoms with Crippen molar-refractivity contribution >= 4 is 5.91 Å². The zero-order chi connectivity index (χ0) is 15.6.